The van der Waals surface area contributed by atoms with E-state index in [-0.39, 0.29) is 5.78 Å². The van der Waals surface area contributed by atoms with Crippen LogP contribution in [0.4, 0.5) is 0 Å². The molecule has 0 radical (unpaired) electrons. The topological polar surface area (TPSA) is 43.1 Å². The molecule has 0 aromatic carbocycles. The number of hydrogen-bond acceptors (Lipinski definition) is 3. The second-order valence-electron chi connectivity index (χ2n) is 2.45. The Morgan fingerprint density at radius 3 is 3.20 bits per heavy atom. The molecule has 3 nitrogen and oxygen atoms in total. The molecule has 0 spiro atoms. The van der Waals surface area contributed by atoms with Gasteiger partial charge in [-0.3, -0.25) is 4.79 Å². The van der Waals surface area contributed by atoms with Crippen molar-refractivity contribution in [1.82, 2.24) is 5.16 Å². The van der Waals surface area contributed by atoms with Crippen molar-refractivity contribution in [3.8, 4) is 0 Å². The highest BCUT2D eigenvalue weighted by Crippen LogP contribution is 2.18. The van der Waals surface area contributed by atoms with Gasteiger partial charge in [0.1, 0.15) is 6.26 Å². The van der Waals surface area contributed by atoms with Crippen LogP contribution in [0.2, 0.25) is 0 Å². The van der Waals surface area contributed by atoms with E-state index in [2.05, 4.69) is 9.68 Å². The lowest BCUT2D eigenvalue weighted by Crippen LogP contribution is -2.08. The van der Waals surface area contributed by atoms with Crippen LogP contribution in [0.1, 0.15) is 28.9 Å². The van der Waals surface area contributed by atoms with E-state index < -0.39 is 0 Å². The van der Waals surface area contributed by atoms with E-state index in [1.807, 2.05) is 0 Å². The lowest BCUT2D eigenvalue weighted by Gasteiger charge is -2.04. The van der Waals surface area contributed by atoms with E-state index in [9.17, 15) is 4.79 Å². The highest BCUT2D eigenvalue weighted by atomic mass is 16.5. The summed E-state index contributed by atoms with van der Waals surface area (Å²) >= 11 is 0. The van der Waals surface area contributed by atoms with E-state index >= 15 is 0 Å². The van der Waals surface area contributed by atoms with Crippen LogP contribution >= 0.6 is 0 Å². The van der Waals surface area contributed by atoms with Gasteiger partial charge >= 0.3 is 0 Å². The average molecular weight is 137 g/mol. The molecule has 0 bridgehead atoms. The first-order chi connectivity index (χ1) is 4.88. The van der Waals surface area contributed by atoms with Gasteiger partial charge in [0.2, 0.25) is 0 Å². The van der Waals surface area contributed by atoms with Gasteiger partial charge in [0.15, 0.2) is 5.78 Å². The van der Waals surface area contributed by atoms with Gasteiger partial charge < -0.3 is 4.52 Å². The van der Waals surface area contributed by atoms with Crippen LogP contribution in [0.15, 0.2) is 10.8 Å². The Kier molecular flexibility index (Phi) is 1.09. The lowest BCUT2D eigenvalue weighted by atomic mass is 9.97. The number of aryl methyl sites for hydroxylation is 1. The molecule has 1 heterocycles. The number of aromatic nitrogens is 1. The number of fused-ring (bicyclic) bond motifs is 1. The van der Waals surface area contributed by atoms with Crippen molar-refractivity contribution >= 4 is 5.78 Å². The van der Waals surface area contributed by atoms with E-state index in [0.717, 1.165) is 18.5 Å². The fourth-order valence-electron chi connectivity index (χ4n) is 1.22. The number of rotatable bonds is 0. The third-order valence-corrected chi connectivity index (χ3v) is 1.76. The van der Waals surface area contributed by atoms with Crippen LogP contribution in [0.25, 0.3) is 0 Å². The lowest BCUT2D eigenvalue weighted by molar-refractivity contribution is 0.0972. The summed E-state index contributed by atoms with van der Waals surface area (Å²) in [6, 6.07) is 0. The standard InChI is InChI=1S/C7H7NO2/c9-7-3-1-2-6-5(7)4-10-8-6/h4H,1-3H2. The van der Waals surface area contributed by atoms with Gasteiger partial charge in [0.05, 0.1) is 11.3 Å². The van der Waals surface area contributed by atoms with E-state index in [1.54, 1.807) is 0 Å². The summed E-state index contributed by atoms with van der Waals surface area (Å²) in [6.07, 6.45) is 3.89. The van der Waals surface area contributed by atoms with Gasteiger partial charge in [-0.15, -0.1) is 0 Å². The van der Waals surface area contributed by atoms with Crippen LogP contribution in [0, 0.1) is 0 Å². The Labute approximate surface area is 58.0 Å². The van der Waals surface area contributed by atoms with Gasteiger partial charge in [-0.25, -0.2) is 0 Å². The molecule has 10 heavy (non-hydrogen) atoms. The summed E-state index contributed by atoms with van der Waals surface area (Å²) in [6.45, 7) is 0. The molecule has 0 amide bonds. The first-order valence-electron chi connectivity index (χ1n) is 3.34. The summed E-state index contributed by atoms with van der Waals surface area (Å²) in [7, 11) is 0. The van der Waals surface area contributed by atoms with Crippen molar-refractivity contribution in [2.45, 2.75) is 19.3 Å². The van der Waals surface area contributed by atoms with Crippen molar-refractivity contribution in [3.63, 3.8) is 0 Å². The molecule has 3 heteroatoms. The summed E-state index contributed by atoms with van der Waals surface area (Å²) in [5.41, 5.74) is 1.52. The van der Waals surface area contributed by atoms with Crippen LogP contribution in [0.3, 0.4) is 0 Å². The Hall–Kier alpha value is -1.12. The van der Waals surface area contributed by atoms with E-state index in [1.165, 1.54) is 6.26 Å². The van der Waals surface area contributed by atoms with Crippen molar-refractivity contribution in [1.29, 1.82) is 0 Å². The minimum atomic E-state index is 0.169. The molecule has 0 saturated heterocycles. The van der Waals surface area contributed by atoms with Crippen LogP contribution in [0.5, 0.6) is 0 Å². The second kappa shape index (κ2) is 1.94. The first kappa shape index (κ1) is 5.65. The van der Waals surface area contributed by atoms with Crippen molar-refractivity contribution in [2.75, 3.05) is 0 Å². The Balaban J connectivity index is 2.50. The molecule has 0 N–H and O–H groups in total. The molecule has 0 atom stereocenters. The molecule has 1 aliphatic rings. The SMILES string of the molecule is O=C1CCCc2nocc21. The van der Waals surface area contributed by atoms with Crippen molar-refractivity contribution < 1.29 is 9.32 Å². The van der Waals surface area contributed by atoms with Gasteiger partial charge in [0, 0.05) is 6.42 Å². The minimum Gasteiger partial charge on any atom is -0.364 e. The Morgan fingerprint density at radius 1 is 1.50 bits per heavy atom. The first-order valence-corrected chi connectivity index (χ1v) is 3.34. The average Bonchev–Trinajstić information content (AvgIpc) is 2.36. The molecule has 0 fully saturated rings. The highest BCUT2D eigenvalue weighted by Gasteiger charge is 2.19. The zero-order valence-electron chi connectivity index (χ0n) is 5.46. The van der Waals surface area contributed by atoms with E-state index in [4.69, 9.17) is 0 Å². The molecule has 0 saturated carbocycles. The van der Waals surface area contributed by atoms with Gasteiger partial charge in [-0.1, -0.05) is 5.16 Å². The molecule has 1 aliphatic carbocycles. The summed E-state index contributed by atoms with van der Waals surface area (Å²) in [4.78, 5) is 11.0. The Morgan fingerprint density at radius 2 is 2.40 bits per heavy atom. The fourth-order valence-corrected chi connectivity index (χ4v) is 1.22. The third kappa shape index (κ3) is 0.667. The largest absolute Gasteiger partial charge is 0.364 e. The molecule has 1 aromatic heterocycles. The maximum Gasteiger partial charge on any atom is 0.168 e. The molecule has 0 unspecified atom stereocenters. The maximum absolute atomic E-state index is 11.0. The van der Waals surface area contributed by atoms with Gasteiger partial charge in [-0.05, 0) is 12.8 Å². The van der Waals surface area contributed by atoms with Crippen LogP contribution in [-0.2, 0) is 6.42 Å². The minimum absolute atomic E-state index is 0.169. The number of Topliss-reactive ketones (excluding diaryl/α,β-unsaturated/α-hetero) is 1. The number of carbonyl (C=O) groups excluding carboxylic acids is 1. The molecular formula is C7H7NO2. The third-order valence-electron chi connectivity index (χ3n) is 1.76. The summed E-state index contributed by atoms with van der Waals surface area (Å²) in [5, 5.41) is 3.71. The summed E-state index contributed by atoms with van der Waals surface area (Å²) in [5.74, 6) is 0.169. The number of nitrogens with zero attached hydrogens (tertiary/aromatic N) is 1. The summed E-state index contributed by atoms with van der Waals surface area (Å²) < 4.78 is 4.67. The molecule has 0 aliphatic heterocycles. The maximum atomic E-state index is 11.0. The monoisotopic (exact) mass is 137 g/mol. The van der Waals surface area contributed by atoms with Crippen molar-refractivity contribution in [3.05, 3.63) is 17.5 Å². The zero-order valence-corrected chi connectivity index (χ0v) is 5.46. The quantitative estimate of drug-likeness (QED) is 0.539. The number of hydrogen-bond donors (Lipinski definition) is 0. The number of ketones is 1. The van der Waals surface area contributed by atoms with Gasteiger partial charge in [0.25, 0.3) is 0 Å². The van der Waals surface area contributed by atoms with Crippen LogP contribution in [-0.4, -0.2) is 10.9 Å². The Bertz CT molecular complexity index is 264. The molecule has 52 valence electrons. The highest BCUT2D eigenvalue weighted by molar-refractivity contribution is 5.97. The van der Waals surface area contributed by atoms with Crippen molar-refractivity contribution in [2.24, 2.45) is 0 Å². The van der Waals surface area contributed by atoms with Gasteiger partial charge in [-0.2, -0.15) is 0 Å². The fraction of sp³-hybridized carbons (Fsp3) is 0.429. The zero-order chi connectivity index (χ0) is 6.97. The molecular weight excluding hydrogens is 130 g/mol. The predicted molar refractivity (Wildman–Crippen MR) is 33.8 cm³/mol. The predicted octanol–water partition coefficient (Wildman–Crippen LogP) is 1.19. The smallest absolute Gasteiger partial charge is 0.168 e. The number of carbonyl (C=O) groups is 1. The van der Waals surface area contributed by atoms with E-state index in [0.29, 0.717) is 12.0 Å². The normalized spacial score (nSPS) is 17.0. The second-order valence-corrected chi connectivity index (χ2v) is 2.45. The van der Waals surface area contributed by atoms with Crippen LogP contribution < -0.4 is 0 Å². The molecule has 2 rings (SSSR count). The molecule has 1 aromatic rings.